The Morgan fingerprint density at radius 2 is 1.60 bits per heavy atom. The van der Waals surface area contributed by atoms with Gasteiger partial charge in [-0.1, -0.05) is 42.5 Å². The maximum atomic E-state index is 5.72. The van der Waals surface area contributed by atoms with Gasteiger partial charge in [-0.25, -0.2) is 0 Å². The highest BCUT2D eigenvalue weighted by Gasteiger charge is 2.10. The average Bonchev–Trinajstić information content (AvgIpc) is 2.92. The van der Waals surface area contributed by atoms with Crippen molar-refractivity contribution in [3.05, 3.63) is 65.5 Å². The number of H-pyrrole nitrogens is 1. The van der Waals surface area contributed by atoms with Crippen LogP contribution in [0.2, 0.25) is 0 Å². The third-order valence-corrected chi connectivity index (χ3v) is 4.00. The van der Waals surface area contributed by atoms with Crippen molar-refractivity contribution >= 4 is 34.1 Å². The molecule has 0 atom stereocenters. The van der Waals surface area contributed by atoms with Gasteiger partial charge in [0.05, 0.1) is 4.51 Å². The van der Waals surface area contributed by atoms with Gasteiger partial charge in [-0.15, -0.1) is 0 Å². The van der Waals surface area contributed by atoms with Gasteiger partial charge in [0.25, 0.3) is 0 Å². The van der Waals surface area contributed by atoms with Crippen LogP contribution in [-0.2, 0) is 0 Å². The first-order chi connectivity index (χ1) is 9.84. The van der Waals surface area contributed by atoms with Crippen molar-refractivity contribution in [2.45, 2.75) is 0 Å². The normalized spacial score (nSPS) is 11.2. The molecule has 0 aliphatic rings. The van der Waals surface area contributed by atoms with Crippen LogP contribution in [-0.4, -0.2) is 4.98 Å². The highest BCUT2D eigenvalue weighted by molar-refractivity contribution is 7.71. The number of aromatic amines is 1. The first kappa shape index (κ1) is 11.4. The standard InChI is InChI=1S/C17H11NOS/c20-17-12-6-2-4-8-16(12)19-10-14(17)13-9-18-15-7-3-1-5-11(13)15/h1-10,18H. The second-order valence-corrected chi connectivity index (χ2v) is 5.13. The monoisotopic (exact) mass is 277 g/mol. The van der Waals surface area contributed by atoms with E-state index in [9.17, 15) is 0 Å². The second-order valence-electron chi connectivity index (χ2n) is 4.72. The second kappa shape index (κ2) is 4.32. The molecule has 0 aliphatic carbocycles. The number of nitrogens with one attached hydrogen (secondary N) is 1. The van der Waals surface area contributed by atoms with Crippen LogP contribution < -0.4 is 0 Å². The molecule has 0 bridgehead atoms. The van der Waals surface area contributed by atoms with Gasteiger partial charge in [0, 0.05) is 33.6 Å². The fourth-order valence-corrected chi connectivity index (χ4v) is 2.88. The van der Waals surface area contributed by atoms with Crippen LogP contribution in [0.3, 0.4) is 0 Å². The Labute approximate surface area is 120 Å². The number of aromatic nitrogens is 1. The lowest BCUT2D eigenvalue weighted by Gasteiger charge is -2.03. The molecule has 0 saturated carbocycles. The zero-order valence-corrected chi connectivity index (χ0v) is 11.4. The molecule has 2 heterocycles. The lowest BCUT2D eigenvalue weighted by molar-refractivity contribution is 0.605. The Kier molecular flexibility index (Phi) is 2.47. The number of benzene rings is 2. The van der Waals surface area contributed by atoms with E-state index in [-0.39, 0.29) is 0 Å². The number of hydrogen-bond acceptors (Lipinski definition) is 2. The number of hydrogen-bond donors (Lipinski definition) is 1. The van der Waals surface area contributed by atoms with Crippen molar-refractivity contribution in [3.63, 3.8) is 0 Å². The van der Waals surface area contributed by atoms with Gasteiger partial charge < -0.3 is 9.40 Å². The molecule has 4 rings (SSSR count). The minimum atomic E-state index is 0.820. The zero-order valence-electron chi connectivity index (χ0n) is 10.6. The molecule has 0 unspecified atom stereocenters. The van der Waals surface area contributed by atoms with Crippen LogP contribution in [0.1, 0.15) is 0 Å². The lowest BCUT2D eigenvalue weighted by Crippen LogP contribution is -1.80. The molecule has 96 valence electrons. The van der Waals surface area contributed by atoms with Gasteiger partial charge in [-0.05, 0) is 18.2 Å². The van der Waals surface area contributed by atoms with Crippen LogP contribution in [0.4, 0.5) is 0 Å². The smallest absolute Gasteiger partial charge is 0.135 e. The highest BCUT2D eigenvalue weighted by atomic mass is 32.1. The molecular weight excluding hydrogens is 266 g/mol. The molecule has 3 heteroatoms. The van der Waals surface area contributed by atoms with Crippen molar-refractivity contribution in [3.8, 4) is 11.1 Å². The number of para-hydroxylation sites is 2. The molecule has 2 aromatic carbocycles. The quantitative estimate of drug-likeness (QED) is 0.478. The first-order valence-corrected chi connectivity index (χ1v) is 6.82. The Hall–Kier alpha value is -2.39. The van der Waals surface area contributed by atoms with E-state index < -0.39 is 0 Å². The molecule has 0 radical (unpaired) electrons. The minimum absolute atomic E-state index is 0.820. The molecule has 4 aromatic rings. The van der Waals surface area contributed by atoms with Crippen LogP contribution in [0.15, 0.2) is 65.4 Å². The molecule has 20 heavy (non-hydrogen) atoms. The van der Waals surface area contributed by atoms with E-state index in [1.807, 2.05) is 42.6 Å². The Morgan fingerprint density at radius 3 is 2.50 bits per heavy atom. The molecule has 0 spiro atoms. The third-order valence-electron chi connectivity index (χ3n) is 3.56. The lowest BCUT2D eigenvalue weighted by atomic mass is 10.1. The predicted octanol–water partition coefficient (Wildman–Crippen LogP) is 5.31. The van der Waals surface area contributed by atoms with Crippen molar-refractivity contribution in [2.75, 3.05) is 0 Å². The van der Waals surface area contributed by atoms with Gasteiger partial charge in [0.15, 0.2) is 0 Å². The Morgan fingerprint density at radius 1 is 0.850 bits per heavy atom. The Bertz CT molecular complexity index is 981. The molecule has 0 saturated heterocycles. The topological polar surface area (TPSA) is 28.9 Å². The van der Waals surface area contributed by atoms with E-state index in [0.29, 0.717) is 0 Å². The van der Waals surface area contributed by atoms with Crippen LogP contribution >= 0.6 is 12.2 Å². The summed E-state index contributed by atoms with van der Waals surface area (Å²) in [5, 5.41) is 2.13. The van der Waals surface area contributed by atoms with Crippen LogP contribution in [0.25, 0.3) is 33.0 Å². The van der Waals surface area contributed by atoms with Crippen molar-refractivity contribution < 1.29 is 4.42 Å². The largest absolute Gasteiger partial charge is 0.464 e. The first-order valence-electron chi connectivity index (χ1n) is 6.41. The van der Waals surface area contributed by atoms with Crippen LogP contribution in [0, 0.1) is 4.51 Å². The van der Waals surface area contributed by atoms with Crippen molar-refractivity contribution in [1.82, 2.24) is 4.98 Å². The molecule has 2 nitrogen and oxygen atoms in total. The zero-order chi connectivity index (χ0) is 13.5. The van der Waals surface area contributed by atoms with Crippen molar-refractivity contribution in [1.29, 1.82) is 0 Å². The summed E-state index contributed by atoms with van der Waals surface area (Å²) < 4.78 is 6.55. The predicted molar refractivity (Wildman–Crippen MR) is 84.3 cm³/mol. The van der Waals surface area contributed by atoms with Gasteiger partial charge in [0.1, 0.15) is 11.8 Å². The summed E-state index contributed by atoms with van der Waals surface area (Å²) in [5.41, 5.74) is 3.96. The fourth-order valence-electron chi connectivity index (χ4n) is 2.56. The van der Waals surface area contributed by atoms with E-state index in [4.69, 9.17) is 16.6 Å². The summed E-state index contributed by atoms with van der Waals surface area (Å²) in [6.45, 7) is 0. The number of rotatable bonds is 1. The third kappa shape index (κ3) is 1.60. The Balaban J connectivity index is 2.08. The fraction of sp³-hybridized carbons (Fsp3) is 0. The minimum Gasteiger partial charge on any atom is -0.464 e. The highest BCUT2D eigenvalue weighted by Crippen LogP contribution is 2.32. The van der Waals surface area contributed by atoms with E-state index in [1.165, 1.54) is 0 Å². The summed E-state index contributed by atoms with van der Waals surface area (Å²) in [5.74, 6) is 0. The van der Waals surface area contributed by atoms with E-state index in [1.54, 1.807) is 6.26 Å². The van der Waals surface area contributed by atoms with Gasteiger partial charge in [0.2, 0.25) is 0 Å². The molecule has 0 aliphatic heterocycles. The van der Waals surface area contributed by atoms with E-state index in [0.717, 1.165) is 37.5 Å². The van der Waals surface area contributed by atoms with E-state index in [2.05, 4.69) is 17.1 Å². The van der Waals surface area contributed by atoms with Crippen LogP contribution in [0.5, 0.6) is 0 Å². The van der Waals surface area contributed by atoms with Gasteiger partial charge in [-0.3, -0.25) is 0 Å². The van der Waals surface area contributed by atoms with E-state index >= 15 is 0 Å². The summed E-state index contributed by atoms with van der Waals surface area (Å²) in [6.07, 6.45) is 3.74. The maximum absolute atomic E-state index is 5.72. The van der Waals surface area contributed by atoms with Crippen molar-refractivity contribution in [2.24, 2.45) is 0 Å². The van der Waals surface area contributed by atoms with Gasteiger partial charge in [-0.2, -0.15) is 0 Å². The molecule has 2 aromatic heterocycles. The summed E-state index contributed by atoms with van der Waals surface area (Å²) >= 11 is 5.63. The maximum Gasteiger partial charge on any atom is 0.135 e. The summed E-state index contributed by atoms with van der Waals surface area (Å²) in [6, 6.07) is 16.1. The molecular formula is C17H11NOS. The number of fused-ring (bicyclic) bond motifs is 2. The molecule has 1 N–H and O–H groups in total. The summed E-state index contributed by atoms with van der Waals surface area (Å²) in [7, 11) is 0. The van der Waals surface area contributed by atoms with Gasteiger partial charge >= 0.3 is 0 Å². The molecule has 0 fully saturated rings. The SMILES string of the molecule is S=c1c(-c2c[nH]c3ccccc23)coc2ccccc12. The summed E-state index contributed by atoms with van der Waals surface area (Å²) in [4.78, 5) is 3.27. The average molecular weight is 277 g/mol. The molecule has 0 amide bonds.